The summed E-state index contributed by atoms with van der Waals surface area (Å²) in [6.45, 7) is 2.00. The van der Waals surface area contributed by atoms with E-state index < -0.39 is 0 Å². The van der Waals surface area contributed by atoms with E-state index in [1.807, 2.05) is 67.7 Å². The summed E-state index contributed by atoms with van der Waals surface area (Å²) in [6, 6.07) is 24.2. The fourth-order valence-electron chi connectivity index (χ4n) is 2.45. The number of hydrogen-bond donors (Lipinski definition) is 4. The lowest BCUT2D eigenvalue weighted by Gasteiger charge is -1.91. The van der Waals surface area contributed by atoms with Crippen LogP contribution in [0, 0.1) is 0 Å². The van der Waals surface area contributed by atoms with Crippen molar-refractivity contribution in [1.82, 2.24) is 40.8 Å². The van der Waals surface area contributed by atoms with E-state index >= 15 is 0 Å². The summed E-state index contributed by atoms with van der Waals surface area (Å²) in [5.74, 6) is 0. The largest absolute Gasteiger partial charge is 0.307 e. The average molecular weight is 458 g/mol. The van der Waals surface area contributed by atoms with Crippen molar-refractivity contribution in [2.45, 2.75) is 0 Å². The minimum absolute atomic E-state index is 0.199. The van der Waals surface area contributed by atoms with Gasteiger partial charge in [-0.1, -0.05) is 48.5 Å². The molecule has 0 unspecified atom stereocenters. The van der Waals surface area contributed by atoms with Crippen LogP contribution in [0.15, 0.2) is 107 Å². The number of hydrogen-bond acceptors (Lipinski definition) is 7. The Morgan fingerprint density at radius 2 is 0.941 bits per heavy atom. The van der Waals surface area contributed by atoms with Crippen LogP contribution in [-0.4, -0.2) is 47.6 Å². The van der Waals surface area contributed by atoms with Crippen LogP contribution >= 0.6 is 0 Å². The molecular formula is C23H22N8O3. The Morgan fingerprint density at radius 3 is 1.24 bits per heavy atom. The molecule has 6 aromatic rings. The molecule has 0 atom stereocenters. The van der Waals surface area contributed by atoms with E-state index in [1.165, 1.54) is 23.2 Å². The number of fused-ring (bicyclic) bond motifs is 2. The Labute approximate surface area is 192 Å². The van der Waals surface area contributed by atoms with Crippen LogP contribution < -0.4 is 11.1 Å². The second kappa shape index (κ2) is 14.8. The number of pyridine rings is 2. The van der Waals surface area contributed by atoms with Crippen molar-refractivity contribution in [2.24, 2.45) is 0 Å². The zero-order chi connectivity index (χ0) is 24.4. The lowest BCUT2D eigenvalue weighted by molar-refractivity contribution is -0.0979. The first-order valence-corrected chi connectivity index (χ1v) is 9.77. The van der Waals surface area contributed by atoms with Crippen LogP contribution in [0.5, 0.6) is 0 Å². The van der Waals surface area contributed by atoms with Gasteiger partial charge in [0.1, 0.15) is 19.2 Å². The van der Waals surface area contributed by atoms with Gasteiger partial charge in [-0.15, -0.1) is 0 Å². The van der Waals surface area contributed by atoms with Gasteiger partial charge in [-0.2, -0.15) is 10.2 Å². The molecule has 6 rings (SSSR count). The molecule has 0 saturated carbocycles. The van der Waals surface area contributed by atoms with E-state index in [1.54, 1.807) is 0 Å². The van der Waals surface area contributed by atoms with Gasteiger partial charge in [0.25, 0.3) is 11.1 Å². The van der Waals surface area contributed by atoms with Crippen molar-refractivity contribution in [1.29, 1.82) is 0 Å². The van der Waals surface area contributed by atoms with E-state index in [9.17, 15) is 9.59 Å². The number of aromatic nitrogens is 8. The maximum Gasteiger partial charge on any atom is 0.283 e. The molecule has 11 heteroatoms. The normalized spacial score (nSPS) is 9.06. The summed E-state index contributed by atoms with van der Waals surface area (Å²) < 4.78 is 0. The fraction of sp³-hybridized carbons (Fsp3) is 0. The van der Waals surface area contributed by atoms with Crippen molar-refractivity contribution in [3.63, 3.8) is 0 Å². The minimum atomic E-state index is -0.199. The number of rotatable bonds is 0. The maximum absolute atomic E-state index is 9.92. The van der Waals surface area contributed by atoms with Gasteiger partial charge in [0.2, 0.25) is 0 Å². The molecule has 4 heterocycles. The second-order valence-electron chi connectivity index (χ2n) is 6.11. The first kappa shape index (κ1) is 25.1. The van der Waals surface area contributed by atoms with Crippen LogP contribution in [0.25, 0.3) is 21.8 Å². The molecule has 0 fully saturated rings. The second-order valence-corrected chi connectivity index (χ2v) is 6.11. The van der Waals surface area contributed by atoms with Crippen LogP contribution in [0.2, 0.25) is 0 Å². The number of carbonyl (C=O) groups excluding carboxylic acids is 1. The third-order valence-corrected chi connectivity index (χ3v) is 3.88. The third kappa shape index (κ3) is 8.89. The Bertz CT molecular complexity index is 1200. The highest BCUT2D eigenvalue weighted by molar-refractivity contribution is 5.78. The van der Waals surface area contributed by atoms with Gasteiger partial charge in [-0.05, 0) is 24.3 Å². The molecule has 34 heavy (non-hydrogen) atoms. The monoisotopic (exact) mass is 458 g/mol. The molecule has 0 bridgehead atoms. The Hall–Kier alpha value is -5.19. The summed E-state index contributed by atoms with van der Waals surface area (Å²) in [5, 5.41) is 18.0. The molecule has 4 aromatic heterocycles. The molecule has 11 nitrogen and oxygen atoms in total. The van der Waals surface area contributed by atoms with E-state index in [2.05, 4.69) is 65.1 Å². The molecule has 0 amide bonds. The molecular weight excluding hydrogens is 436 g/mol. The number of H-pyrrole nitrogens is 4. The van der Waals surface area contributed by atoms with Crippen molar-refractivity contribution in [3.8, 4) is 0 Å². The molecule has 172 valence electrons. The molecule has 4 N–H and O–H groups in total. The van der Waals surface area contributed by atoms with Crippen LogP contribution in [0.1, 0.15) is 0 Å². The van der Waals surface area contributed by atoms with Crippen molar-refractivity contribution >= 4 is 28.6 Å². The molecule has 0 radical (unpaired) electrons. The zero-order valence-corrected chi connectivity index (χ0v) is 18.0. The van der Waals surface area contributed by atoms with Crippen molar-refractivity contribution < 1.29 is 4.79 Å². The van der Waals surface area contributed by atoms with E-state index in [-0.39, 0.29) is 11.1 Å². The standard InChI is InChI=1S/2C9H7N.2C2H3N3O.CH2O/c2*1-2-6-9-8(4-1)5-3-7-10-9;2*6-2-1-3-5-4-2;1-2/h2*1-7H;2*1H,(H2,3,4,5,6);1H2. The summed E-state index contributed by atoms with van der Waals surface area (Å²) in [7, 11) is 0. The smallest absolute Gasteiger partial charge is 0.283 e. The van der Waals surface area contributed by atoms with Gasteiger partial charge in [-0.3, -0.25) is 19.6 Å². The molecule has 0 spiro atoms. The molecule has 0 saturated heterocycles. The number of aromatic amines is 4. The number of nitrogens with zero attached hydrogens (tertiary/aromatic N) is 4. The van der Waals surface area contributed by atoms with Crippen molar-refractivity contribution in [3.05, 3.63) is 118 Å². The lowest BCUT2D eigenvalue weighted by atomic mass is 10.2. The third-order valence-electron chi connectivity index (χ3n) is 3.88. The van der Waals surface area contributed by atoms with Gasteiger partial charge in [-0.25, -0.2) is 20.6 Å². The summed E-state index contributed by atoms with van der Waals surface area (Å²) in [6.07, 6.45) is 5.95. The topological polar surface area (TPSA) is 166 Å². The Balaban J connectivity index is 0.000000161. The Kier molecular flexibility index (Phi) is 10.9. The summed E-state index contributed by atoms with van der Waals surface area (Å²) in [5.41, 5.74) is 1.72. The first-order valence-electron chi connectivity index (χ1n) is 9.77. The summed E-state index contributed by atoms with van der Waals surface area (Å²) in [4.78, 5) is 36.2. The highest BCUT2D eigenvalue weighted by atomic mass is 16.1. The number of para-hydroxylation sites is 2. The van der Waals surface area contributed by atoms with E-state index in [4.69, 9.17) is 4.79 Å². The van der Waals surface area contributed by atoms with Gasteiger partial charge in [0.05, 0.1) is 11.0 Å². The maximum atomic E-state index is 9.92. The molecule has 2 aromatic carbocycles. The van der Waals surface area contributed by atoms with E-state index in [0.717, 1.165) is 11.0 Å². The average Bonchev–Trinajstić information content (AvgIpc) is 3.60. The molecule has 0 aliphatic rings. The summed E-state index contributed by atoms with van der Waals surface area (Å²) >= 11 is 0. The first-order chi connectivity index (χ1) is 16.7. The Morgan fingerprint density at radius 1 is 0.559 bits per heavy atom. The van der Waals surface area contributed by atoms with Crippen LogP contribution in [0.3, 0.4) is 0 Å². The quantitative estimate of drug-likeness (QED) is 0.271. The lowest BCUT2D eigenvalue weighted by Crippen LogP contribution is -1.93. The fourth-order valence-corrected chi connectivity index (χ4v) is 2.45. The van der Waals surface area contributed by atoms with Gasteiger partial charge in [0.15, 0.2) is 0 Å². The van der Waals surface area contributed by atoms with Crippen LogP contribution in [-0.2, 0) is 4.79 Å². The molecule has 0 aliphatic carbocycles. The minimum Gasteiger partial charge on any atom is -0.307 e. The zero-order valence-electron chi connectivity index (χ0n) is 18.0. The highest BCUT2D eigenvalue weighted by Gasteiger charge is 1.87. The highest BCUT2D eigenvalue weighted by Crippen LogP contribution is 2.08. The van der Waals surface area contributed by atoms with Crippen LogP contribution in [0.4, 0.5) is 0 Å². The predicted molar refractivity (Wildman–Crippen MR) is 129 cm³/mol. The van der Waals surface area contributed by atoms with Gasteiger partial charge in [0, 0.05) is 23.2 Å². The van der Waals surface area contributed by atoms with Crippen molar-refractivity contribution in [2.75, 3.05) is 0 Å². The predicted octanol–water partition coefficient (Wildman–Crippen LogP) is 2.48. The van der Waals surface area contributed by atoms with E-state index in [0.29, 0.717) is 0 Å². The number of benzene rings is 2. The SMILES string of the molecule is C=O.O=c1cn[nH][nH]1.O=c1cn[nH][nH]1.c1ccc2ncccc2c1.c1ccc2ncccc2c1. The molecule has 0 aliphatic heterocycles. The number of nitrogens with one attached hydrogen (secondary N) is 4. The number of carbonyl (C=O) groups is 1. The van der Waals surface area contributed by atoms with Gasteiger partial charge >= 0.3 is 0 Å². The van der Waals surface area contributed by atoms with Gasteiger partial charge < -0.3 is 4.79 Å².